The number of aromatic amines is 1. The van der Waals surface area contributed by atoms with Crippen LogP contribution in [0.15, 0.2) is 65.8 Å². The second-order valence-electron chi connectivity index (χ2n) is 8.75. The number of imidazole rings is 1. The number of nitrogen functional groups attached to an aromatic ring is 1. The highest BCUT2D eigenvalue weighted by molar-refractivity contribution is 6.32. The molecule has 0 aliphatic heterocycles. The number of nitrogens with one attached hydrogen (secondary N) is 1. The van der Waals surface area contributed by atoms with Gasteiger partial charge in [-0.2, -0.15) is 0 Å². The lowest BCUT2D eigenvalue weighted by Gasteiger charge is -2.18. The molecular formula is C26H21Cl2N6O3+. The number of halogens is 2. The first-order chi connectivity index (χ1) is 17.9. The number of aliphatic hydroxyl groups is 1. The van der Waals surface area contributed by atoms with Crippen LogP contribution in [0.2, 0.25) is 10.2 Å². The Balaban J connectivity index is 1.45. The van der Waals surface area contributed by atoms with Gasteiger partial charge in [-0.3, -0.25) is 4.84 Å². The Morgan fingerprint density at radius 2 is 1.97 bits per heavy atom. The zero-order valence-electron chi connectivity index (χ0n) is 19.6. The molecule has 0 saturated carbocycles. The van der Waals surface area contributed by atoms with Gasteiger partial charge < -0.3 is 20.2 Å². The molecule has 37 heavy (non-hydrogen) atoms. The summed E-state index contributed by atoms with van der Waals surface area (Å²) in [4.78, 5) is 21.6. The van der Waals surface area contributed by atoms with Gasteiger partial charge in [0, 0.05) is 32.0 Å². The molecule has 1 aliphatic rings. The van der Waals surface area contributed by atoms with E-state index in [1.165, 1.54) is 6.39 Å². The van der Waals surface area contributed by atoms with Crippen molar-refractivity contribution in [2.24, 2.45) is 0 Å². The minimum absolute atomic E-state index is 0.245. The Hall–Kier alpha value is -3.92. The van der Waals surface area contributed by atoms with Gasteiger partial charge in [0.15, 0.2) is 12.2 Å². The fourth-order valence-electron chi connectivity index (χ4n) is 4.86. The van der Waals surface area contributed by atoms with E-state index in [9.17, 15) is 5.11 Å². The molecule has 4 heterocycles. The Bertz CT molecular complexity index is 1640. The third-order valence-electron chi connectivity index (χ3n) is 6.57. The number of oxazole rings is 1. The molecule has 0 bridgehead atoms. The molecule has 1 atom stereocenters. The SMILES string of the molecule is CO[n+]1cc(-c2cc(Cl)ccc2-c2cnco2)cc2c1[C@](O)(c1ncc(-c3ccc(N)nc3Cl)[nH]1)CC2. The summed E-state index contributed by atoms with van der Waals surface area (Å²) in [6, 6.07) is 11.0. The average Bonchev–Trinajstić information content (AvgIpc) is 3.65. The molecule has 5 aromatic rings. The summed E-state index contributed by atoms with van der Waals surface area (Å²) in [7, 11) is 1.55. The fourth-order valence-corrected chi connectivity index (χ4v) is 5.29. The largest absolute Gasteiger partial charge is 0.443 e. The molecule has 9 nitrogen and oxygen atoms in total. The van der Waals surface area contributed by atoms with Gasteiger partial charge in [0.1, 0.15) is 23.9 Å². The van der Waals surface area contributed by atoms with Crippen molar-refractivity contribution < 1.29 is 19.1 Å². The second-order valence-corrected chi connectivity index (χ2v) is 9.54. The van der Waals surface area contributed by atoms with Crippen molar-refractivity contribution in [1.29, 1.82) is 0 Å². The molecular weight excluding hydrogens is 515 g/mol. The molecule has 0 amide bonds. The van der Waals surface area contributed by atoms with Gasteiger partial charge in [-0.25, -0.2) is 15.0 Å². The van der Waals surface area contributed by atoms with Crippen molar-refractivity contribution in [3.63, 3.8) is 0 Å². The van der Waals surface area contributed by atoms with Crippen molar-refractivity contribution in [2.75, 3.05) is 12.8 Å². The number of benzene rings is 1. The van der Waals surface area contributed by atoms with Crippen molar-refractivity contribution in [3.8, 4) is 33.7 Å². The van der Waals surface area contributed by atoms with Crippen LogP contribution in [0.1, 0.15) is 23.5 Å². The van der Waals surface area contributed by atoms with Gasteiger partial charge in [0.05, 0.1) is 23.7 Å². The number of aromatic nitrogens is 5. The normalized spacial score (nSPS) is 16.6. The van der Waals surface area contributed by atoms with Crippen molar-refractivity contribution in [1.82, 2.24) is 19.9 Å². The van der Waals surface area contributed by atoms with Crippen LogP contribution >= 0.6 is 23.2 Å². The first kappa shape index (κ1) is 23.5. The van der Waals surface area contributed by atoms with Crippen molar-refractivity contribution in [2.45, 2.75) is 18.4 Å². The van der Waals surface area contributed by atoms with Gasteiger partial charge in [-0.1, -0.05) is 23.2 Å². The number of pyridine rings is 2. The predicted octanol–water partition coefficient (Wildman–Crippen LogP) is 4.21. The highest BCUT2D eigenvalue weighted by atomic mass is 35.5. The number of hydrogen-bond acceptors (Lipinski definition) is 7. The lowest BCUT2D eigenvalue weighted by atomic mass is 9.96. The number of aryl methyl sites for hydroxylation is 1. The second kappa shape index (κ2) is 8.88. The van der Waals surface area contributed by atoms with E-state index in [1.54, 1.807) is 42.4 Å². The summed E-state index contributed by atoms with van der Waals surface area (Å²) in [6.45, 7) is 0. The number of hydrogen-bond donors (Lipinski definition) is 3. The van der Waals surface area contributed by atoms with Gasteiger partial charge in [0.2, 0.25) is 11.8 Å². The molecule has 0 unspecified atom stereocenters. The van der Waals surface area contributed by atoms with Crippen LogP contribution in [0.5, 0.6) is 0 Å². The smallest absolute Gasteiger partial charge is 0.276 e. The zero-order valence-corrected chi connectivity index (χ0v) is 21.1. The maximum absolute atomic E-state index is 11.9. The molecule has 4 N–H and O–H groups in total. The summed E-state index contributed by atoms with van der Waals surface area (Å²) in [5, 5.41) is 12.7. The van der Waals surface area contributed by atoms with E-state index < -0.39 is 5.60 Å². The number of anilines is 1. The number of nitrogens with zero attached hydrogens (tertiary/aromatic N) is 4. The van der Waals surface area contributed by atoms with E-state index in [2.05, 4.69) is 19.9 Å². The first-order valence-corrected chi connectivity index (χ1v) is 12.2. The van der Waals surface area contributed by atoms with E-state index in [4.69, 9.17) is 38.2 Å². The maximum atomic E-state index is 11.9. The summed E-state index contributed by atoms with van der Waals surface area (Å²) in [5.74, 6) is 1.31. The minimum atomic E-state index is -1.42. The lowest BCUT2D eigenvalue weighted by molar-refractivity contribution is -0.893. The third kappa shape index (κ3) is 3.92. The summed E-state index contributed by atoms with van der Waals surface area (Å²) in [5.41, 5.74) is 9.58. The predicted molar refractivity (Wildman–Crippen MR) is 138 cm³/mol. The molecule has 4 aromatic heterocycles. The standard InChI is InChI=1S/C26H21Cl2N6O3/c1-36-34-12-15(19-9-16(27)2-3-17(19)21-11-30-13-37-21)8-14-6-7-26(35,23(14)34)25-31-10-20(32-25)18-4-5-22(29)33-24(18)28/h2-5,8-13,35H,6-7H2,1H3,(H2,29,33)(H,31,32)/q+1/t26-/m0/s1. The van der Waals surface area contributed by atoms with Crippen molar-refractivity contribution in [3.05, 3.63) is 88.6 Å². The molecule has 6 rings (SSSR count). The van der Waals surface area contributed by atoms with Gasteiger partial charge in [-0.15, -0.1) is 0 Å². The molecule has 186 valence electrons. The van der Waals surface area contributed by atoms with E-state index >= 15 is 0 Å². The monoisotopic (exact) mass is 535 g/mol. The molecule has 0 spiro atoms. The van der Waals surface area contributed by atoms with Crippen LogP contribution in [0.25, 0.3) is 33.7 Å². The summed E-state index contributed by atoms with van der Waals surface area (Å²) >= 11 is 12.6. The van der Waals surface area contributed by atoms with Crippen LogP contribution in [-0.2, 0) is 12.0 Å². The third-order valence-corrected chi connectivity index (χ3v) is 7.10. The van der Waals surface area contributed by atoms with Crippen LogP contribution in [0, 0.1) is 0 Å². The quantitative estimate of drug-likeness (QED) is 0.227. The molecule has 1 aromatic carbocycles. The average molecular weight is 536 g/mol. The highest BCUT2D eigenvalue weighted by Crippen LogP contribution is 2.42. The minimum Gasteiger partial charge on any atom is -0.443 e. The Labute approximate surface area is 221 Å². The molecule has 1 aliphatic carbocycles. The Morgan fingerprint density at radius 1 is 1.14 bits per heavy atom. The van der Waals surface area contributed by atoms with Crippen LogP contribution < -0.4 is 15.3 Å². The molecule has 11 heteroatoms. The first-order valence-electron chi connectivity index (χ1n) is 11.4. The zero-order chi connectivity index (χ0) is 25.7. The molecule has 0 radical (unpaired) electrons. The number of H-pyrrole nitrogens is 1. The Kier molecular flexibility index (Phi) is 5.63. The van der Waals surface area contributed by atoms with E-state index in [1.807, 2.05) is 24.4 Å². The van der Waals surface area contributed by atoms with E-state index in [0.29, 0.717) is 52.2 Å². The highest BCUT2D eigenvalue weighted by Gasteiger charge is 2.50. The summed E-state index contributed by atoms with van der Waals surface area (Å²) < 4.78 is 7.12. The fraction of sp³-hybridized carbons (Fsp3) is 0.154. The maximum Gasteiger partial charge on any atom is 0.276 e. The number of nitrogens with two attached hydrogens (primary N) is 1. The van der Waals surface area contributed by atoms with E-state index in [-0.39, 0.29) is 5.15 Å². The van der Waals surface area contributed by atoms with Gasteiger partial charge >= 0.3 is 0 Å². The van der Waals surface area contributed by atoms with E-state index in [0.717, 1.165) is 22.3 Å². The topological polar surface area (TPSA) is 127 Å². The summed E-state index contributed by atoms with van der Waals surface area (Å²) in [6.07, 6.45) is 7.47. The van der Waals surface area contributed by atoms with Gasteiger partial charge in [0.25, 0.3) is 5.69 Å². The van der Waals surface area contributed by atoms with Crippen LogP contribution in [0.3, 0.4) is 0 Å². The van der Waals surface area contributed by atoms with Crippen LogP contribution in [0.4, 0.5) is 5.82 Å². The molecule has 0 fully saturated rings. The van der Waals surface area contributed by atoms with Crippen LogP contribution in [-0.4, -0.2) is 32.2 Å². The molecule has 0 saturated heterocycles. The van der Waals surface area contributed by atoms with Crippen molar-refractivity contribution >= 4 is 29.0 Å². The number of rotatable bonds is 5. The lowest BCUT2D eigenvalue weighted by Crippen LogP contribution is -2.50. The number of fused-ring (bicyclic) bond motifs is 1. The Morgan fingerprint density at radius 3 is 2.73 bits per heavy atom. The van der Waals surface area contributed by atoms with Gasteiger partial charge in [-0.05, 0) is 49.2 Å².